The van der Waals surface area contributed by atoms with Crippen LogP contribution >= 0.6 is 11.8 Å². The van der Waals surface area contributed by atoms with Gasteiger partial charge in [-0.05, 0) is 12.8 Å². The van der Waals surface area contributed by atoms with Crippen molar-refractivity contribution < 1.29 is 4.79 Å². The van der Waals surface area contributed by atoms with Gasteiger partial charge in [0.15, 0.2) is 0 Å². The number of rotatable bonds is 5. The topological polar surface area (TPSA) is 20.3 Å². The van der Waals surface area contributed by atoms with Crippen LogP contribution in [0.2, 0.25) is 0 Å². The monoisotopic (exact) mass is 215 g/mol. The highest BCUT2D eigenvalue weighted by atomic mass is 32.2. The van der Waals surface area contributed by atoms with Crippen LogP contribution in [0.3, 0.4) is 0 Å². The van der Waals surface area contributed by atoms with Crippen molar-refractivity contribution in [3.63, 3.8) is 0 Å². The second-order valence-corrected chi connectivity index (χ2v) is 5.22. The van der Waals surface area contributed by atoms with Crippen molar-refractivity contribution in [3.8, 4) is 0 Å². The predicted molar refractivity (Wildman–Crippen MR) is 62.8 cm³/mol. The molecule has 2 nitrogen and oxygen atoms in total. The molecular formula is C11H21NOS. The molecule has 0 aromatic carbocycles. The number of nitrogens with zero attached hydrogens (tertiary/aromatic N) is 1. The van der Waals surface area contributed by atoms with Gasteiger partial charge in [0.1, 0.15) is 0 Å². The molecule has 0 bridgehead atoms. The molecule has 0 N–H and O–H groups in total. The fraction of sp³-hybridized carbons (Fsp3) is 0.909. The molecule has 0 saturated carbocycles. The van der Waals surface area contributed by atoms with Crippen LogP contribution in [0.5, 0.6) is 0 Å². The molecule has 14 heavy (non-hydrogen) atoms. The summed E-state index contributed by atoms with van der Waals surface area (Å²) in [6, 6.07) is 0.493. The molecular weight excluding hydrogens is 194 g/mol. The summed E-state index contributed by atoms with van der Waals surface area (Å²) in [5.74, 6) is 0. The first-order valence-corrected chi connectivity index (χ1v) is 6.52. The van der Waals surface area contributed by atoms with Crippen LogP contribution in [0.15, 0.2) is 0 Å². The van der Waals surface area contributed by atoms with Crippen LogP contribution in [0.1, 0.15) is 46.0 Å². The molecule has 1 heterocycles. The number of unbranched alkanes of at least 4 members (excludes halogenated alkanes) is 1. The van der Waals surface area contributed by atoms with Gasteiger partial charge in [0.25, 0.3) is 5.24 Å². The van der Waals surface area contributed by atoms with Gasteiger partial charge in [0, 0.05) is 18.3 Å². The van der Waals surface area contributed by atoms with E-state index in [4.69, 9.17) is 0 Å². The minimum atomic E-state index is 0.268. The zero-order valence-electron chi connectivity index (χ0n) is 9.45. The molecule has 0 aliphatic carbocycles. The second kappa shape index (κ2) is 5.64. The number of thioether (sulfide) groups is 1. The van der Waals surface area contributed by atoms with Gasteiger partial charge in [-0.3, -0.25) is 4.79 Å². The Kier molecular flexibility index (Phi) is 4.79. The lowest BCUT2D eigenvalue weighted by atomic mass is 10.0. The Bertz CT molecular complexity index is 196. The molecule has 3 heteroatoms. The molecule has 1 saturated heterocycles. The molecule has 2 unspecified atom stereocenters. The summed E-state index contributed by atoms with van der Waals surface area (Å²) in [5, 5.41) is 0.814. The molecule has 0 aromatic heterocycles. The van der Waals surface area contributed by atoms with Gasteiger partial charge in [0.05, 0.1) is 0 Å². The Morgan fingerprint density at radius 2 is 2.00 bits per heavy atom. The average Bonchev–Trinajstić information content (AvgIpc) is 2.42. The lowest BCUT2D eigenvalue weighted by Crippen LogP contribution is -2.33. The zero-order valence-corrected chi connectivity index (χ0v) is 10.3. The smallest absolute Gasteiger partial charge is 0.282 e. The average molecular weight is 215 g/mol. The van der Waals surface area contributed by atoms with E-state index in [9.17, 15) is 4.79 Å². The maximum Gasteiger partial charge on any atom is 0.282 e. The lowest BCUT2D eigenvalue weighted by molar-refractivity contribution is 0.216. The maximum atomic E-state index is 11.5. The van der Waals surface area contributed by atoms with E-state index in [0.29, 0.717) is 11.3 Å². The van der Waals surface area contributed by atoms with E-state index in [2.05, 4.69) is 13.8 Å². The molecule has 1 rings (SSSR count). The van der Waals surface area contributed by atoms with Crippen molar-refractivity contribution >= 4 is 17.0 Å². The fourth-order valence-corrected chi connectivity index (χ4v) is 3.39. The van der Waals surface area contributed by atoms with E-state index in [0.717, 1.165) is 0 Å². The molecule has 0 radical (unpaired) electrons. The number of carbonyl (C=O) groups is 1. The van der Waals surface area contributed by atoms with E-state index >= 15 is 0 Å². The van der Waals surface area contributed by atoms with Crippen molar-refractivity contribution in [1.29, 1.82) is 0 Å². The van der Waals surface area contributed by atoms with Gasteiger partial charge in [-0.25, -0.2) is 0 Å². The van der Waals surface area contributed by atoms with Crippen molar-refractivity contribution in [3.05, 3.63) is 0 Å². The molecule has 1 fully saturated rings. The third kappa shape index (κ3) is 2.66. The first kappa shape index (κ1) is 11.9. The lowest BCUT2D eigenvalue weighted by Gasteiger charge is -2.23. The summed E-state index contributed by atoms with van der Waals surface area (Å²) in [6.07, 6.45) is 6.00. The predicted octanol–water partition coefficient (Wildman–Crippen LogP) is 3.51. The molecule has 1 aliphatic heterocycles. The van der Waals surface area contributed by atoms with Gasteiger partial charge in [-0.1, -0.05) is 44.9 Å². The van der Waals surface area contributed by atoms with E-state index < -0.39 is 0 Å². The quantitative estimate of drug-likeness (QED) is 0.699. The SMILES string of the molecule is CCCCC1C(CCC)SC(=O)N1C. The third-order valence-corrected chi connectivity index (χ3v) is 4.24. The highest BCUT2D eigenvalue weighted by Gasteiger charge is 2.36. The molecule has 0 spiro atoms. The van der Waals surface area contributed by atoms with E-state index in [1.807, 2.05) is 11.9 Å². The molecule has 2 atom stereocenters. The Labute approximate surface area is 91.4 Å². The van der Waals surface area contributed by atoms with Crippen LogP contribution in [0, 0.1) is 0 Å². The minimum Gasteiger partial charge on any atom is -0.333 e. The van der Waals surface area contributed by atoms with Crippen molar-refractivity contribution in [1.82, 2.24) is 4.90 Å². The number of hydrogen-bond acceptors (Lipinski definition) is 2. The summed E-state index contributed by atoms with van der Waals surface area (Å²) >= 11 is 1.54. The number of carbonyl (C=O) groups excluding carboxylic acids is 1. The van der Waals surface area contributed by atoms with Gasteiger partial charge < -0.3 is 4.90 Å². The first-order chi connectivity index (χ1) is 6.70. The summed E-state index contributed by atoms with van der Waals surface area (Å²) in [7, 11) is 1.95. The Morgan fingerprint density at radius 3 is 2.57 bits per heavy atom. The van der Waals surface area contributed by atoms with Crippen LogP contribution in [0.25, 0.3) is 0 Å². The van der Waals surface area contributed by atoms with Crippen LogP contribution < -0.4 is 0 Å². The molecule has 82 valence electrons. The van der Waals surface area contributed by atoms with Crippen LogP contribution in [0.4, 0.5) is 4.79 Å². The summed E-state index contributed by atoms with van der Waals surface area (Å²) < 4.78 is 0. The molecule has 1 aliphatic rings. The number of hydrogen-bond donors (Lipinski definition) is 0. The van der Waals surface area contributed by atoms with Crippen molar-refractivity contribution in [2.45, 2.75) is 57.2 Å². The third-order valence-electron chi connectivity index (χ3n) is 2.89. The van der Waals surface area contributed by atoms with Crippen molar-refractivity contribution in [2.75, 3.05) is 7.05 Å². The van der Waals surface area contributed by atoms with Gasteiger partial charge in [-0.15, -0.1) is 0 Å². The Morgan fingerprint density at radius 1 is 1.29 bits per heavy atom. The normalized spacial score (nSPS) is 27.4. The Balaban J connectivity index is 2.51. The zero-order chi connectivity index (χ0) is 10.6. The molecule has 1 amide bonds. The minimum absolute atomic E-state index is 0.268. The standard InChI is InChI=1S/C11H21NOS/c1-4-6-8-9-10(7-5-2)14-11(13)12(9)3/h9-10H,4-8H2,1-3H3. The summed E-state index contributed by atoms with van der Waals surface area (Å²) in [6.45, 7) is 4.40. The van der Waals surface area contributed by atoms with E-state index in [1.165, 1.54) is 32.1 Å². The largest absolute Gasteiger partial charge is 0.333 e. The molecule has 0 aromatic rings. The Hall–Kier alpha value is -0.180. The van der Waals surface area contributed by atoms with Crippen molar-refractivity contribution in [2.24, 2.45) is 0 Å². The van der Waals surface area contributed by atoms with Crippen LogP contribution in [-0.2, 0) is 0 Å². The highest BCUT2D eigenvalue weighted by Crippen LogP contribution is 2.35. The fourth-order valence-electron chi connectivity index (χ4n) is 2.00. The van der Waals surface area contributed by atoms with Gasteiger partial charge in [0.2, 0.25) is 0 Å². The second-order valence-electron chi connectivity index (χ2n) is 4.03. The first-order valence-electron chi connectivity index (χ1n) is 5.64. The van der Waals surface area contributed by atoms with Gasteiger partial charge in [-0.2, -0.15) is 0 Å². The summed E-state index contributed by atoms with van der Waals surface area (Å²) in [5.41, 5.74) is 0. The van der Waals surface area contributed by atoms with Crippen LogP contribution in [-0.4, -0.2) is 28.5 Å². The number of amides is 1. The van der Waals surface area contributed by atoms with E-state index in [1.54, 1.807) is 11.8 Å². The highest BCUT2D eigenvalue weighted by molar-refractivity contribution is 8.14. The van der Waals surface area contributed by atoms with Gasteiger partial charge >= 0.3 is 0 Å². The summed E-state index contributed by atoms with van der Waals surface area (Å²) in [4.78, 5) is 13.5. The van der Waals surface area contributed by atoms with E-state index in [-0.39, 0.29) is 5.24 Å². The maximum absolute atomic E-state index is 11.5.